The minimum atomic E-state index is 0.132. The number of nitrogens with zero attached hydrogens (tertiary/aromatic N) is 4. The molecule has 2 heterocycles. The third-order valence-electron chi connectivity index (χ3n) is 5.29. The average Bonchev–Trinajstić information content (AvgIpc) is 3.40. The number of carbonyl (C=O) groups is 2. The van der Waals surface area contributed by atoms with Crippen LogP contribution in [0.4, 0.5) is 0 Å². The van der Waals surface area contributed by atoms with Gasteiger partial charge in [-0.15, -0.1) is 12.8 Å². The van der Waals surface area contributed by atoms with Gasteiger partial charge in [-0.2, -0.15) is 5.26 Å². The van der Waals surface area contributed by atoms with Crippen LogP contribution in [0.2, 0.25) is 0 Å². The second kappa shape index (κ2) is 14.3. The van der Waals surface area contributed by atoms with Crippen LogP contribution in [-0.2, 0) is 9.59 Å². The number of carbonyl (C=O) groups excluding carboxylic acids is 2. The summed E-state index contributed by atoms with van der Waals surface area (Å²) in [6, 6.07) is 0.343. The van der Waals surface area contributed by atoms with Crippen LogP contribution in [0.1, 0.15) is 64.2 Å². The SMILES string of the molecule is C#C.N#CNC(N)=NC1CCCC1.O=C(CN1CCCCCC1=O)N1CCCC1. The van der Waals surface area contributed by atoms with Gasteiger partial charge in [-0.1, -0.05) is 19.3 Å². The summed E-state index contributed by atoms with van der Waals surface area (Å²) in [6.07, 6.45) is 20.4. The van der Waals surface area contributed by atoms with Crippen molar-refractivity contribution in [3.63, 3.8) is 0 Å². The van der Waals surface area contributed by atoms with Gasteiger partial charge in [0.2, 0.25) is 17.8 Å². The van der Waals surface area contributed by atoms with Gasteiger partial charge >= 0.3 is 0 Å². The molecule has 0 radical (unpaired) electrons. The van der Waals surface area contributed by atoms with Gasteiger partial charge in [-0.25, -0.2) is 4.99 Å². The fourth-order valence-corrected chi connectivity index (χ4v) is 3.76. The molecule has 1 aliphatic carbocycles. The van der Waals surface area contributed by atoms with Crippen LogP contribution in [0.15, 0.2) is 4.99 Å². The van der Waals surface area contributed by atoms with Crippen molar-refractivity contribution in [2.45, 2.75) is 70.3 Å². The summed E-state index contributed by atoms with van der Waals surface area (Å²) < 4.78 is 0. The number of likely N-dealkylation sites (tertiary alicyclic amines) is 2. The first-order valence-electron chi connectivity index (χ1n) is 10.5. The van der Waals surface area contributed by atoms with Crippen molar-refractivity contribution in [3.8, 4) is 19.0 Å². The lowest BCUT2D eigenvalue weighted by Crippen LogP contribution is -2.41. The van der Waals surface area contributed by atoms with Gasteiger partial charge in [0.1, 0.15) is 0 Å². The number of hydrogen-bond donors (Lipinski definition) is 2. The number of terminal acetylenes is 1. The van der Waals surface area contributed by atoms with Crippen LogP contribution in [0.3, 0.4) is 0 Å². The second-order valence-electron chi connectivity index (χ2n) is 7.40. The Bertz CT molecular complexity index is 598. The predicted molar refractivity (Wildman–Crippen MR) is 113 cm³/mol. The number of nitrogens with one attached hydrogen (secondary N) is 1. The van der Waals surface area contributed by atoms with E-state index < -0.39 is 0 Å². The zero-order chi connectivity index (χ0) is 21.5. The Labute approximate surface area is 174 Å². The zero-order valence-corrected chi connectivity index (χ0v) is 17.3. The van der Waals surface area contributed by atoms with Crippen LogP contribution < -0.4 is 11.1 Å². The van der Waals surface area contributed by atoms with Crippen molar-refractivity contribution in [2.75, 3.05) is 26.2 Å². The lowest BCUT2D eigenvalue weighted by Gasteiger charge is -2.23. The number of guanidine groups is 1. The minimum Gasteiger partial charge on any atom is -0.369 e. The molecular weight excluding hydrogens is 368 g/mol. The number of aliphatic imine (C=N–C) groups is 1. The largest absolute Gasteiger partial charge is 0.369 e. The maximum Gasteiger partial charge on any atom is 0.242 e. The summed E-state index contributed by atoms with van der Waals surface area (Å²) in [5, 5.41) is 10.5. The topological polar surface area (TPSA) is 115 Å². The molecule has 0 bridgehead atoms. The van der Waals surface area contributed by atoms with Crippen molar-refractivity contribution >= 4 is 17.8 Å². The van der Waals surface area contributed by atoms with Crippen LogP contribution in [0.25, 0.3) is 0 Å². The third kappa shape index (κ3) is 9.34. The zero-order valence-electron chi connectivity index (χ0n) is 17.3. The van der Waals surface area contributed by atoms with Crippen LogP contribution in [0, 0.1) is 24.3 Å². The Morgan fingerprint density at radius 1 is 1.10 bits per heavy atom. The van der Waals surface area contributed by atoms with Crippen LogP contribution >= 0.6 is 0 Å². The Balaban J connectivity index is 0.000000284. The molecular formula is C21H34N6O2. The monoisotopic (exact) mass is 402 g/mol. The summed E-state index contributed by atoms with van der Waals surface area (Å²) in [5.74, 6) is 0.539. The summed E-state index contributed by atoms with van der Waals surface area (Å²) in [7, 11) is 0. The molecule has 0 unspecified atom stereocenters. The first-order valence-corrected chi connectivity index (χ1v) is 10.5. The van der Waals surface area contributed by atoms with E-state index in [1.807, 2.05) is 4.90 Å². The normalized spacial score (nSPS) is 19.9. The highest BCUT2D eigenvalue weighted by molar-refractivity contribution is 5.85. The fraction of sp³-hybridized carbons (Fsp3) is 0.714. The summed E-state index contributed by atoms with van der Waals surface area (Å²) in [4.78, 5) is 31.4. The lowest BCUT2D eigenvalue weighted by molar-refractivity contribution is -0.139. The Hall–Kier alpha value is -2.74. The van der Waals surface area contributed by atoms with Crippen molar-refractivity contribution in [2.24, 2.45) is 10.7 Å². The highest BCUT2D eigenvalue weighted by Gasteiger charge is 2.23. The molecule has 8 nitrogen and oxygen atoms in total. The first kappa shape index (κ1) is 24.3. The van der Waals surface area contributed by atoms with Gasteiger partial charge < -0.3 is 15.5 Å². The standard InChI is InChI=1S/C12H20N2O2.C7H12N4.C2H2/c15-11-6-2-1-3-9-14(11)10-12(16)13-7-4-5-8-13;8-5-10-7(9)11-6-3-1-2-4-6;1-2/h1-10H2;6H,1-4H2,(H3,9,10,11);1-2H. The molecule has 0 aromatic heterocycles. The summed E-state index contributed by atoms with van der Waals surface area (Å²) in [6.45, 7) is 2.82. The Morgan fingerprint density at radius 2 is 1.72 bits per heavy atom. The van der Waals surface area contributed by atoms with Crippen LogP contribution in [0.5, 0.6) is 0 Å². The number of nitrogens with two attached hydrogens (primary N) is 1. The lowest BCUT2D eigenvalue weighted by atomic mass is 10.2. The van der Waals surface area contributed by atoms with Gasteiger partial charge in [-0.3, -0.25) is 14.9 Å². The van der Waals surface area contributed by atoms with Gasteiger partial charge in [0.25, 0.3) is 0 Å². The van der Waals surface area contributed by atoms with Gasteiger partial charge in [-0.05, 0) is 38.5 Å². The van der Waals surface area contributed by atoms with E-state index in [4.69, 9.17) is 11.0 Å². The molecule has 3 fully saturated rings. The van der Waals surface area contributed by atoms with Gasteiger partial charge in [0, 0.05) is 26.1 Å². The molecule has 0 aromatic rings. The van der Waals surface area contributed by atoms with E-state index in [9.17, 15) is 9.59 Å². The Morgan fingerprint density at radius 3 is 2.34 bits per heavy atom. The molecule has 0 atom stereocenters. The van der Waals surface area contributed by atoms with E-state index in [2.05, 4.69) is 23.2 Å². The molecule has 2 amide bonds. The number of hydrogen-bond acceptors (Lipinski definition) is 4. The van der Waals surface area contributed by atoms with E-state index in [1.54, 1.807) is 11.1 Å². The molecule has 3 N–H and O–H groups in total. The van der Waals surface area contributed by atoms with Gasteiger partial charge in [0.05, 0.1) is 12.6 Å². The molecule has 8 heteroatoms. The fourth-order valence-electron chi connectivity index (χ4n) is 3.76. The van der Waals surface area contributed by atoms with E-state index in [0.29, 0.717) is 19.0 Å². The predicted octanol–water partition coefficient (Wildman–Crippen LogP) is 1.58. The molecule has 0 aromatic carbocycles. The van der Waals surface area contributed by atoms with Crippen molar-refractivity contribution in [1.82, 2.24) is 15.1 Å². The van der Waals surface area contributed by atoms with Crippen molar-refractivity contribution < 1.29 is 9.59 Å². The van der Waals surface area contributed by atoms with Crippen molar-refractivity contribution in [1.29, 1.82) is 5.26 Å². The molecule has 1 saturated carbocycles. The molecule has 2 aliphatic heterocycles. The summed E-state index contributed by atoms with van der Waals surface area (Å²) in [5.41, 5.74) is 5.38. The van der Waals surface area contributed by atoms with Gasteiger partial charge in [0.15, 0.2) is 6.19 Å². The molecule has 2 saturated heterocycles. The van der Waals surface area contributed by atoms with E-state index in [1.165, 1.54) is 12.8 Å². The molecule has 160 valence electrons. The maximum atomic E-state index is 11.9. The summed E-state index contributed by atoms with van der Waals surface area (Å²) >= 11 is 0. The maximum absolute atomic E-state index is 11.9. The third-order valence-corrected chi connectivity index (χ3v) is 5.29. The molecule has 0 spiro atoms. The van der Waals surface area contributed by atoms with Crippen molar-refractivity contribution in [3.05, 3.63) is 0 Å². The smallest absolute Gasteiger partial charge is 0.242 e. The number of nitriles is 1. The molecule has 29 heavy (non-hydrogen) atoms. The Kier molecular flexibility index (Phi) is 12.0. The van der Waals surface area contributed by atoms with E-state index >= 15 is 0 Å². The van der Waals surface area contributed by atoms with Crippen LogP contribution in [-0.4, -0.2) is 59.8 Å². The number of amides is 2. The number of rotatable bonds is 3. The first-order chi connectivity index (χ1) is 14.1. The van der Waals surface area contributed by atoms with E-state index in [0.717, 1.165) is 64.6 Å². The second-order valence-corrected chi connectivity index (χ2v) is 7.40. The molecule has 3 rings (SSSR count). The average molecular weight is 403 g/mol. The minimum absolute atomic E-state index is 0.132. The quantitative estimate of drug-likeness (QED) is 0.244. The highest BCUT2D eigenvalue weighted by atomic mass is 16.2. The highest BCUT2D eigenvalue weighted by Crippen LogP contribution is 2.20. The molecule has 3 aliphatic rings. The van der Waals surface area contributed by atoms with E-state index in [-0.39, 0.29) is 17.8 Å².